The number of likely N-dealkylation sites (tertiary alicyclic amines) is 1. The molecular formula is C17H23ClN2O3. The molecule has 0 aliphatic carbocycles. The van der Waals surface area contributed by atoms with Crippen LogP contribution in [0.5, 0.6) is 5.75 Å². The Bertz CT molecular complexity index is 604. The van der Waals surface area contributed by atoms with Gasteiger partial charge in [0, 0.05) is 37.0 Å². The van der Waals surface area contributed by atoms with E-state index in [0.717, 1.165) is 31.4 Å². The van der Waals surface area contributed by atoms with Crippen molar-refractivity contribution in [1.29, 1.82) is 0 Å². The summed E-state index contributed by atoms with van der Waals surface area (Å²) >= 11 is 6.07. The number of rotatable bonds is 4. The van der Waals surface area contributed by atoms with Crippen molar-refractivity contribution >= 4 is 29.1 Å². The zero-order valence-corrected chi connectivity index (χ0v) is 14.6. The van der Waals surface area contributed by atoms with Gasteiger partial charge in [0.15, 0.2) is 0 Å². The van der Waals surface area contributed by atoms with Crippen LogP contribution in [0.2, 0.25) is 5.02 Å². The zero-order valence-electron chi connectivity index (χ0n) is 13.8. The molecule has 1 fully saturated rings. The fourth-order valence-corrected chi connectivity index (χ4v) is 2.98. The number of nitrogens with zero attached hydrogens (tertiary/aromatic N) is 1. The van der Waals surface area contributed by atoms with E-state index in [1.165, 1.54) is 7.11 Å². The van der Waals surface area contributed by atoms with Crippen molar-refractivity contribution in [3.8, 4) is 5.75 Å². The summed E-state index contributed by atoms with van der Waals surface area (Å²) < 4.78 is 5.26. The van der Waals surface area contributed by atoms with Crippen LogP contribution in [0.3, 0.4) is 0 Å². The number of benzene rings is 1. The monoisotopic (exact) mass is 338 g/mol. The van der Waals surface area contributed by atoms with Crippen LogP contribution < -0.4 is 10.1 Å². The molecule has 1 aliphatic heterocycles. The minimum atomic E-state index is -0.248. The fourth-order valence-electron chi connectivity index (χ4n) is 2.83. The van der Waals surface area contributed by atoms with Gasteiger partial charge in [0.25, 0.3) is 0 Å². The lowest BCUT2D eigenvalue weighted by Crippen LogP contribution is -2.33. The third-order valence-electron chi connectivity index (χ3n) is 4.21. The van der Waals surface area contributed by atoms with Gasteiger partial charge >= 0.3 is 0 Å². The number of hydrogen-bond donors (Lipinski definition) is 1. The van der Waals surface area contributed by atoms with Gasteiger partial charge in [-0.15, -0.1) is 0 Å². The lowest BCUT2D eigenvalue weighted by atomic mass is 9.98. The van der Waals surface area contributed by atoms with E-state index >= 15 is 0 Å². The summed E-state index contributed by atoms with van der Waals surface area (Å²) in [4.78, 5) is 26.3. The first kappa shape index (κ1) is 17.6. The highest BCUT2D eigenvalue weighted by Crippen LogP contribution is 2.31. The molecule has 0 radical (unpaired) electrons. The Hall–Kier alpha value is -1.75. The average molecular weight is 339 g/mol. The summed E-state index contributed by atoms with van der Waals surface area (Å²) in [6.07, 6.45) is 2.91. The average Bonchev–Trinajstić information content (AvgIpc) is 2.66. The largest absolute Gasteiger partial charge is 0.495 e. The van der Waals surface area contributed by atoms with Gasteiger partial charge < -0.3 is 15.0 Å². The molecule has 1 heterocycles. The summed E-state index contributed by atoms with van der Waals surface area (Å²) in [5.74, 6) is 0.135. The summed E-state index contributed by atoms with van der Waals surface area (Å²) in [5.41, 5.74) is 1.43. The van der Waals surface area contributed by atoms with E-state index in [-0.39, 0.29) is 24.2 Å². The van der Waals surface area contributed by atoms with E-state index in [4.69, 9.17) is 16.3 Å². The van der Waals surface area contributed by atoms with Crippen LogP contribution in [-0.2, 0) is 9.59 Å². The van der Waals surface area contributed by atoms with Gasteiger partial charge in [-0.2, -0.15) is 0 Å². The molecule has 126 valence electrons. The number of amides is 2. The maximum atomic E-state index is 12.3. The number of halogens is 1. The van der Waals surface area contributed by atoms with Gasteiger partial charge in [-0.3, -0.25) is 9.59 Å². The normalized spacial score (nSPS) is 18.5. The first-order valence-electron chi connectivity index (χ1n) is 7.81. The second kappa shape index (κ2) is 7.68. The molecule has 6 heteroatoms. The second-order valence-electron chi connectivity index (χ2n) is 6.01. The summed E-state index contributed by atoms with van der Waals surface area (Å²) in [5, 5.41) is 3.42. The van der Waals surface area contributed by atoms with E-state index in [2.05, 4.69) is 5.32 Å². The minimum absolute atomic E-state index is 0.0527. The van der Waals surface area contributed by atoms with Gasteiger partial charge in [0.2, 0.25) is 11.8 Å². The number of hydrogen-bond acceptors (Lipinski definition) is 3. The maximum absolute atomic E-state index is 12.3. The molecule has 1 N–H and O–H groups in total. The van der Waals surface area contributed by atoms with Gasteiger partial charge in [-0.1, -0.05) is 18.0 Å². The predicted molar refractivity (Wildman–Crippen MR) is 91.0 cm³/mol. The number of carbonyl (C=O) groups is 2. The quantitative estimate of drug-likeness (QED) is 0.916. The molecule has 1 atom stereocenters. The van der Waals surface area contributed by atoms with Crippen molar-refractivity contribution in [2.45, 2.75) is 32.6 Å². The lowest BCUT2D eigenvalue weighted by molar-refractivity contribution is -0.135. The molecule has 0 aromatic heterocycles. The molecule has 0 bridgehead atoms. The molecule has 2 amide bonds. The molecule has 1 aliphatic rings. The van der Waals surface area contributed by atoms with Crippen LogP contribution in [0.1, 0.15) is 31.2 Å². The Morgan fingerprint density at radius 2 is 2.17 bits per heavy atom. The lowest BCUT2D eigenvalue weighted by Gasteiger charge is -2.20. The van der Waals surface area contributed by atoms with Gasteiger partial charge in [-0.25, -0.2) is 0 Å². The highest BCUT2D eigenvalue weighted by atomic mass is 35.5. The molecular weight excluding hydrogens is 316 g/mol. The molecule has 5 nitrogen and oxygen atoms in total. The molecule has 0 spiro atoms. The van der Waals surface area contributed by atoms with Crippen LogP contribution in [0.4, 0.5) is 5.69 Å². The summed E-state index contributed by atoms with van der Waals surface area (Å²) in [6, 6.07) is 3.46. The van der Waals surface area contributed by atoms with Crippen LogP contribution in [-0.4, -0.2) is 37.4 Å². The standard InChI is InChI=1S/C17H23ClN2O3/c1-11-8-14(15(23-3)10-13(11)18)19-16(21)9-12-6-4-5-7-20(2)17(12)22/h8,10,12H,4-7,9H2,1-3H3,(H,19,21)/t12-/m1/s1. The highest BCUT2D eigenvalue weighted by molar-refractivity contribution is 6.31. The molecule has 1 aromatic rings. The molecule has 2 rings (SSSR count). The summed E-state index contributed by atoms with van der Waals surface area (Å²) in [6.45, 7) is 2.63. The first-order valence-corrected chi connectivity index (χ1v) is 8.19. The number of methoxy groups -OCH3 is 1. The van der Waals surface area contributed by atoms with Crippen molar-refractivity contribution in [3.63, 3.8) is 0 Å². The van der Waals surface area contributed by atoms with Crippen molar-refractivity contribution in [2.75, 3.05) is 26.0 Å². The van der Waals surface area contributed by atoms with Crippen LogP contribution in [0, 0.1) is 12.8 Å². The predicted octanol–water partition coefficient (Wildman–Crippen LogP) is 3.24. The van der Waals surface area contributed by atoms with Gasteiger partial charge in [-0.05, 0) is 31.4 Å². The maximum Gasteiger partial charge on any atom is 0.225 e. The topological polar surface area (TPSA) is 58.6 Å². The number of carbonyl (C=O) groups excluding carboxylic acids is 2. The van der Waals surface area contributed by atoms with Crippen molar-refractivity contribution in [3.05, 3.63) is 22.7 Å². The third-order valence-corrected chi connectivity index (χ3v) is 4.62. The van der Waals surface area contributed by atoms with Gasteiger partial charge in [0.1, 0.15) is 5.75 Å². The number of anilines is 1. The van der Waals surface area contributed by atoms with E-state index in [0.29, 0.717) is 16.5 Å². The Morgan fingerprint density at radius 3 is 2.87 bits per heavy atom. The minimum Gasteiger partial charge on any atom is -0.495 e. The smallest absolute Gasteiger partial charge is 0.225 e. The molecule has 1 aromatic carbocycles. The number of nitrogens with one attached hydrogen (secondary N) is 1. The Kier molecular flexibility index (Phi) is 5.88. The first-order chi connectivity index (χ1) is 10.9. The van der Waals surface area contributed by atoms with Gasteiger partial charge in [0.05, 0.1) is 12.8 Å². The Morgan fingerprint density at radius 1 is 1.43 bits per heavy atom. The Balaban J connectivity index is 2.07. The van der Waals surface area contributed by atoms with E-state index < -0.39 is 0 Å². The van der Waals surface area contributed by atoms with Crippen molar-refractivity contribution in [1.82, 2.24) is 4.90 Å². The van der Waals surface area contributed by atoms with E-state index in [1.54, 1.807) is 24.1 Å². The highest BCUT2D eigenvalue weighted by Gasteiger charge is 2.27. The van der Waals surface area contributed by atoms with E-state index in [1.807, 2.05) is 6.92 Å². The van der Waals surface area contributed by atoms with Crippen molar-refractivity contribution in [2.24, 2.45) is 5.92 Å². The molecule has 23 heavy (non-hydrogen) atoms. The van der Waals surface area contributed by atoms with Crippen LogP contribution >= 0.6 is 11.6 Å². The Labute approximate surface area is 141 Å². The van der Waals surface area contributed by atoms with Crippen molar-refractivity contribution < 1.29 is 14.3 Å². The molecule has 0 saturated carbocycles. The third kappa shape index (κ3) is 4.38. The van der Waals surface area contributed by atoms with E-state index in [9.17, 15) is 9.59 Å². The SMILES string of the molecule is COc1cc(Cl)c(C)cc1NC(=O)C[C@H]1CCCCN(C)C1=O. The summed E-state index contributed by atoms with van der Waals surface area (Å²) in [7, 11) is 3.32. The molecule has 1 saturated heterocycles. The zero-order chi connectivity index (χ0) is 17.0. The van der Waals surface area contributed by atoms with Crippen LogP contribution in [0.25, 0.3) is 0 Å². The number of aryl methyl sites for hydroxylation is 1. The fraction of sp³-hybridized carbons (Fsp3) is 0.529. The second-order valence-corrected chi connectivity index (χ2v) is 6.41. The van der Waals surface area contributed by atoms with Crippen LogP contribution in [0.15, 0.2) is 12.1 Å². The molecule has 0 unspecified atom stereocenters. The number of ether oxygens (including phenoxy) is 1.